The van der Waals surface area contributed by atoms with E-state index in [0.29, 0.717) is 16.3 Å². The number of thioether (sulfide) groups is 1. The minimum absolute atomic E-state index is 0.348. The van der Waals surface area contributed by atoms with Gasteiger partial charge in [0.2, 0.25) is 0 Å². The number of rotatable bonds is 3. The first kappa shape index (κ1) is 14.9. The molecule has 2 aromatic rings. The lowest BCUT2D eigenvalue weighted by atomic mass is 10.1. The van der Waals surface area contributed by atoms with Crippen LogP contribution >= 0.6 is 23.4 Å². The lowest BCUT2D eigenvalue weighted by Gasteiger charge is -2.10. The van der Waals surface area contributed by atoms with Gasteiger partial charge < -0.3 is 5.32 Å². The van der Waals surface area contributed by atoms with E-state index < -0.39 is 5.82 Å². The van der Waals surface area contributed by atoms with Gasteiger partial charge in [-0.05, 0) is 49.1 Å². The molecule has 2 aromatic carbocycles. The first-order valence-corrected chi connectivity index (χ1v) is 7.52. The van der Waals surface area contributed by atoms with Crippen molar-refractivity contribution in [3.63, 3.8) is 0 Å². The molecule has 0 aliphatic rings. The topological polar surface area (TPSA) is 29.1 Å². The first-order chi connectivity index (χ1) is 9.51. The van der Waals surface area contributed by atoms with Crippen LogP contribution in [-0.4, -0.2) is 12.2 Å². The predicted octanol–water partition coefficient (Wildman–Crippen LogP) is 4.76. The van der Waals surface area contributed by atoms with Crippen molar-refractivity contribution in [3.05, 3.63) is 58.4 Å². The van der Waals surface area contributed by atoms with Gasteiger partial charge in [-0.15, -0.1) is 11.8 Å². The molecular weight excluding hydrogens is 297 g/mol. The maximum absolute atomic E-state index is 13.2. The van der Waals surface area contributed by atoms with Gasteiger partial charge >= 0.3 is 0 Å². The number of hydrogen-bond acceptors (Lipinski definition) is 2. The van der Waals surface area contributed by atoms with Gasteiger partial charge in [0.05, 0.1) is 10.6 Å². The fraction of sp³-hybridized carbons (Fsp3) is 0.133. The minimum Gasteiger partial charge on any atom is -0.322 e. The molecule has 0 spiro atoms. The van der Waals surface area contributed by atoms with Crippen molar-refractivity contribution in [2.24, 2.45) is 0 Å². The molecule has 0 unspecified atom stereocenters. The van der Waals surface area contributed by atoms with Crippen LogP contribution in [0.4, 0.5) is 10.1 Å². The minimum atomic E-state index is -0.394. The van der Waals surface area contributed by atoms with E-state index in [1.807, 2.05) is 12.3 Å². The van der Waals surface area contributed by atoms with Gasteiger partial charge in [0.1, 0.15) is 5.82 Å². The molecule has 0 saturated carbocycles. The van der Waals surface area contributed by atoms with Crippen LogP contribution in [0.5, 0.6) is 0 Å². The SMILES string of the molecule is CSc1ccc(Cl)c(C(=O)Nc2cc(F)ccc2C)c1. The Balaban J connectivity index is 2.30. The van der Waals surface area contributed by atoms with Gasteiger partial charge in [-0.3, -0.25) is 4.79 Å². The summed E-state index contributed by atoms with van der Waals surface area (Å²) in [4.78, 5) is 13.2. The average Bonchev–Trinajstić information content (AvgIpc) is 2.43. The number of hydrogen-bond donors (Lipinski definition) is 1. The van der Waals surface area contributed by atoms with Crippen molar-refractivity contribution < 1.29 is 9.18 Å². The van der Waals surface area contributed by atoms with Gasteiger partial charge in [0, 0.05) is 10.6 Å². The molecule has 2 nitrogen and oxygen atoms in total. The van der Waals surface area contributed by atoms with Crippen LogP contribution in [0, 0.1) is 12.7 Å². The Morgan fingerprint density at radius 3 is 2.70 bits per heavy atom. The molecule has 104 valence electrons. The summed E-state index contributed by atoms with van der Waals surface area (Å²) in [6.45, 7) is 1.80. The maximum atomic E-state index is 13.2. The molecule has 0 aliphatic heterocycles. The van der Waals surface area contributed by atoms with Crippen molar-refractivity contribution >= 4 is 35.0 Å². The largest absolute Gasteiger partial charge is 0.322 e. The number of nitrogens with one attached hydrogen (secondary N) is 1. The van der Waals surface area contributed by atoms with Crippen LogP contribution < -0.4 is 5.32 Å². The van der Waals surface area contributed by atoms with Crippen molar-refractivity contribution in [2.45, 2.75) is 11.8 Å². The summed E-state index contributed by atoms with van der Waals surface area (Å²) in [5.41, 5.74) is 1.61. The number of halogens is 2. The van der Waals surface area contributed by atoms with Gasteiger partial charge in [0.15, 0.2) is 0 Å². The smallest absolute Gasteiger partial charge is 0.257 e. The van der Waals surface area contributed by atoms with Gasteiger partial charge in [-0.2, -0.15) is 0 Å². The second-order valence-electron chi connectivity index (χ2n) is 4.26. The third-order valence-corrected chi connectivity index (χ3v) is 3.92. The molecule has 20 heavy (non-hydrogen) atoms. The molecule has 0 bridgehead atoms. The molecule has 1 amide bonds. The Morgan fingerprint density at radius 2 is 2.00 bits per heavy atom. The number of carbonyl (C=O) groups excluding carboxylic acids is 1. The quantitative estimate of drug-likeness (QED) is 0.828. The summed E-state index contributed by atoms with van der Waals surface area (Å²) < 4.78 is 13.2. The van der Waals surface area contributed by atoms with Crippen LogP contribution in [-0.2, 0) is 0 Å². The van der Waals surface area contributed by atoms with Crippen LogP contribution in [0.15, 0.2) is 41.3 Å². The Morgan fingerprint density at radius 1 is 1.25 bits per heavy atom. The zero-order valence-corrected chi connectivity index (χ0v) is 12.6. The molecule has 0 radical (unpaired) electrons. The summed E-state index contributed by atoms with van der Waals surface area (Å²) in [6, 6.07) is 9.51. The normalized spacial score (nSPS) is 10.4. The van der Waals surface area contributed by atoms with Crippen LogP contribution in [0.1, 0.15) is 15.9 Å². The van der Waals surface area contributed by atoms with Crippen molar-refractivity contribution in [3.8, 4) is 0 Å². The molecule has 2 rings (SSSR count). The van der Waals surface area contributed by atoms with Gasteiger partial charge in [-0.25, -0.2) is 4.39 Å². The van der Waals surface area contributed by atoms with E-state index in [1.54, 1.807) is 25.1 Å². The third-order valence-electron chi connectivity index (χ3n) is 2.87. The van der Waals surface area contributed by atoms with Crippen LogP contribution in [0.2, 0.25) is 5.02 Å². The predicted molar refractivity (Wildman–Crippen MR) is 82.3 cm³/mol. The van der Waals surface area contributed by atoms with E-state index in [2.05, 4.69) is 5.32 Å². The molecule has 1 N–H and O–H groups in total. The average molecular weight is 310 g/mol. The zero-order chi connectivity index (χ0) is 14.7. The molecule has 0 saturated heterocycles. The summed E-state index contributed by atoms with van der Waals surface area (Å²) in [5.74, 6) is -0.741. The van der Waals surface area contributed by atoms with E-state index in [9.17, 15) is 9.18 Å². The van der Waals surface area contributed by atoms with E-state index in [1.165, 1.54) is 23.9 Å². The summed E-state index contributed by atoms with van der Waals surface area (Å²) in [5, 5.41) is 3.06. The number of aryl methyl sites for hydroxylation is 1. The first-order valence-electron chi connectivity index (χ1n) is 5.92. The van der Waals surface area contributed by atoms with Crippen molar-refractivity contribution in [1.82, 2.24) is 0 Å². The highest BCUT2D eigenvalue weighted by Crippen LogP contribution is 2.24. The van der Waals surface area contributed by atoms with E-state index in [0.717, 1.165) is 10.5 Å². The zero-order valence-electron chi connectivity index (χ0n) is 11.0. The number of carbonyl (C=O) groups is 1. The van der Waals surface area contributed by atoms with Gasteiger partial charge in [0.25, 0.3) is 5.91 Å². The van der Waals surface area contributed by atoms with Gasteiger partial charge in [-0.1, -0.05) is 17.7 Å². The molecule has 0 atom stereocenters. The van der Waals surface area contributed by atoms with Crippen molar-refractivity contribution in [1.29, 1.82) is 0 Å². The third kappa shape index (κ3) is 3.32. The van der Waals surface area contributed by atoms with E-state index in [4.69, 9.17) is 11.6 Å². The molecule has 5 heteroatoms. The van der Waals surface area contributed by atoms with E-state index >= 15 is 0 Å². The highest BCUT2D eigenvalue weighted by atomic mass is 35.5. The summed E-state index contributed by atoms with van der Waals surface area (Å²) in [7, 11) is 0. The second-order valence-corrected chi connectivity index (χ2v) is 5.55. The number of anilines is 1. The molecular formula is C15H13ClFNOS. The summed E-state index contributed by atoms with van der Waals surface area (Å²) in [6.07, 6.45) is 1.92. The standard InChI is InChI=1S/C15H13ClFNOS/c1-9-3-4-10(17)7-14(9)18-15(19)12-8-11(20-2)5-6-13(12)16/h3-8H,1-2H3,(H,18,19). The fourth-order valence-electron chi connectivity index (χ4n) is 1.72. The van der Waals surface area contributed by atoms with Crippen LogP contribution in [0.3, 0.4) is 0 Å². The molecule has 0 fully saturated rings. The number of benzene rings is 2. The maximum Gasteiger partial charge on any atom is 0.257 e. The van der Waals surface area contributed by atoms with Crippen LogP contribution in [0.25, 0.3) is 0 Å². The Bertz CT molecular complexity index is 660. The van der Waals surface area contributed by atoms with Crippen molar-refractivity contribution in [2.75, 3.05) is 11.6 Å². The molecule has 0 aliphatic carbocycles. The fourth-order valence-corrected chi connectivity index (χ4v) is 2.37. The highest BCUT2D eigenvalue weighted by Gasteiger charge is 2.13. The lowest BCUT2D eigenvalue weighted by Crippen LogP contribution is -2.13. The Kier molecular flexibility index (Phi) is 4.68. The summed E-state index contributed by atoms with van der Waals surface area (Å²) >= 11 is 7.56. The molecule has 0 heterocycles. The second kappa shape index (κ2) is 6.29. The lowest BCUT2D eigenvalue weighted by molar-refractivity contribution is 0.102. The Hall–Kier alpha value is -1.52. The monoisotopic (exact) mass is 309 g/mol. The number of amides is 1. The highest BCUT2D eigenvalue weighted by molar-refractivity contribution is 7.98. The Labute approximate surface area is 126 Å². The molecule has 0 aromatic heterocycles. The van der Waals surface area contributed by atoms with E-state index in [-0.39, 0.29) is 5.91 Å².